The lowest BCUT2D eigenvalue weighted by Crippen LogP contribution is -2.52. The van der Waals surface area contributed by atoms with Gasteiger partial charge in [0.25, 0.3) is 10.0 Å². The largest absolute Gasteiger partial charge is 0.352 e. The van der Waals surface area contributed by atoms with Gasteiger partial charge in [-0.25, -0.2) is 8.42 Å². The van der Waals surface area contributed by atoms with Crippen LogP contribution in [0.5, 0.6) is 0 Å². The summed E-state index contributed by atoms with van der Waals surface area (Å²) in [5.74, 6) is -1.08. The van der Waals surface area contributed by atoms with Crippen LogP contribution in [-0.4, -0.2) is 43.8 Å². The van der Waals surface area contributed by atoms with E-state index in [4.69, 9.17) is 46.4 Å². The van der Waals surface area contributed by atoms with Crippen LogP contribution in [0.1, 0.15) is 31.9 Å². The molecule has 0 heterocycles. The van der Waals surface area contributed by atoms with Gasteiger partial charge in [-0.3, -0.25) is 13.9 Å². The van der Waals surface area contributed by atoms with Crippen molar-refractivity contribution in [2.24, 2.45) is 0 Å². The Balaban J connectivity index is 2.10. The lowest BCUT2D eigenvalue weighted by Gasteiger charge is -2.32. The van der Waals surface area contributed by atoms with Crippen LogP contribution in [0.4, 0.5) is 5.69 Å². The van der Waals surface area contributed by atoms with Crippen molar-refractivity contribution in [3.8, 4) is 0 Å². The third-order valence-corrected chi connectivity index (χ3v) is 9.21. The predicted molar refractivity (Wildman–Crippen MR) is 162 cm³/mol. The summed E-state index contributed by atoms with van der Waals surface area (Å²) in [7, 11) is -4.29. The molecule has 0 bridgehead atoms. The minimum Gasteiger partial charge on any atom is -0.352 e. The van der Waals surface area contributed by atoms with Gasteiger partial charge < -0.3 is 10.2 Å². The summed E-state index contributed by atoms with van der Waals surface area (Å²) < 4.78 is 28.7. The zero-order chi connectivity index (χ0) is 29.8. The van der Waals surface area contributed by atoms with Gasteiger partial charge in [-0.1, -0.05) is 76.2 Å². The second-order valence-electron chi connectivity index (χ2n) is 9.49. The molecule has 0 unspecified atom stereocenters. The molecular weight excluding hydrogens is 616 g/mol. The second kappa shape index (κ2) is 13.4. The first-order valence-electron chi connectivity index (χ1n) is 12.3. The first-order chi connectivity index (χ1) is 18.7. The number of carbonyl (C=O) groups excluding carboxylic acids is 2. The molecule has 0 fully saturated rings. The lowest BCUT2D eigenvalue weighted by molar-refractivity contribution is -0.139. The highest BCUT2D eigenvalue weighted by Gasteiger charge is 2.34. The van der Waals surface area contributed by atoms with Gasteiger partial charge in [-0.05, 0) is 69.7 Å². The van der Waals surface area contributed by atoms with Crippen molar-refractivity contribution in [3.63, 3.8) is 0 Å². The molecule has 1 N–H and O–H groups in total. The Bertz CT molecular complexity index is 1500. The average molecular weight is 645 g/mol. The van der Waals surface area contributed by atoms with Crippen molar-refractivity contribution in [1.82, 2.24) is 10.2 Å². The van der Waals surface area contributed by atoms with E-state index in [2.05, 4.69) is 5.32 Å². The van der Waals surface area contributed by atoms with Crippen molar-refractivity contribution in [2.75, 3.05) is 10.8 Å². The van der Waals surface area contributed by atoms with E-state index in [1.165, 1.54) is 41.3 Å². The zero-order valence-corrected chi connectivity index (χ0v) is 26.1. The number of carbonyl (C=O) groups is 2. The highest BCUT2D eigenvalue weighted by Crippen LogP contribution is 2.35. The van der Waals surface area contributed by atoms with E-state index in [1.54, 1.807) is 45.0 Å². The summed E-state index contributed by atoms with van der Waals surface area (Å²) in [6, 6.07) is 14.3. The molecule has 0 saturated carbocycles. The minimum atomic E-state index is -4.29. The molecule has 0 aliphatic carbocycles. The van der Waals surface area contributed by atoms with Crippen molar-refractivity contribution < 1.29 is 18.0 Å². The molecule has 3 aromatic rings. The van der Waals surface area contributed by atoms with Crippen LogP contribution < -0.4 is 9.62 Å². The third-order valence-electron chi connectivity index (χ3n) is 6.04. The van der Waals surface area contributed by atoms with Crippen LogP contribution in [0.2, 0.25) is 20.1 Å². The monoisotopic (exact) mass is 643 g/mol. The molecule has 0 aromatic heterocycles. The highest BCUT2D eigenvalue weighted by atomic mass is 35.5. The smallest absolute Gasteiger partial charge is 0.264 e. The fourth-order valence-corrected chi connectivity index (χ4v) is 6.20. The van der Waals surface area contributed by atoms with E-state index in [1.807, 2.05) is 6.92 Å². The second-order valence-corrected chi connectivity index (χ2v) is 13.0. The van der Waals surface area contributed by atoms with Gasteiger partial charge in [0.15, 0.2) is 0 Å². The normalized spacial score (nSPS) is 12.2. The van der Waals surface area contributed by atoms with Gasteiger partial charge in [0.1, 0.15) is 12.6 Å². The molecule has 214 valence electrons. The maximum Gasteiger partial charge on any atom is 0.264 e. The maximum atomic E-state index is 14.0. The van der Waals surface area contributed by atoms with Gasteiger partial charge in [-0.15, -0.1) is 0 Å². The van der Waals surface area contributed by atoms with Crippen LogP contribution >= 0.6 is 46.4 Å². The molecular formula is C28H29Cl4N3O4S. The molecule has 40 heavy (non-hydrogen) atoms. The van der Waals surface area contributed by atoms with Crippen molar-refractivity contribution in [3.05, 3.63) is 91.9 Å². The number of aryl methyl sites for hydroxylation is 1. The molecule has 0 aliphatic heterocycles. The first-order valence-corrected chi connectivity index (χ1v) is 15.2. The number of hydrogen-bond acceptors (Lipinski definition) is 4. The van der Waals surface area contributed by atoms with E-state index in [0.29, 0.717) is 15.6 Å². The Kier molecular flexibility index (Phi) is 10.8. The molecule has 7 nitrogen and oxygen atoms in total. The van der Waals surface area contributed by atoms with Crippen LogP contribution in [0, 0.1) is 6.92 Å². The summed E-state index contributed by atoms with van der Waals surface area (Å²) in [6.07, 6.45) is 0. The molecule has 0 spiro atoms. The number of benzene rings is 3. The Morgan fingerprint density at radius 2 is 1.55 bits per heavy atom. The predicted octanol–water partition coefficient (Wildman–Crippen LogP) is 6.75. The van der Waals surface area contributed by atoms with Crippen molar-refractivity contribution in [1.29, 1.82) is 0 Å². The van der Waals surface area contributed by atoms with Crippen LogP contribution in [0.25, 0.3) is 0 Å². The summed E-state index contributed by atoms with van der Waals surface area (Å²) in [4.78, 5) is 28.2. The number of amides is 2. The van der Waals surface area contributed by atoms with Gasteiger partial charge in [0, 0.05) is 22.6 Å². The quantitative estimate of drug-likeness (QED) is 0.265. The number of halogens is 4. The van der Waals surface area contributed by atoms with E-state index in [9.17, 15) is 18.0 Å². The van der Waals surface area contributed by atoms with Crippen LogP contribution in [-0.2, 0) is 26.2 Å². The molecule has 0 radical (unpaired) electrons. The molecule has 1 atom stereocenters. The number of anilines is 1. The fraction of sp³-hybridized carbons (Fsp3) is 0.286. The first kappa shape index (κ1) is 32.0. The average Bonchev–Trinajstić information content (AvgIpc) is 2.88. The number of hydrogen-bond donors (Lipinski definition) is 1. The van der Waals surface area contributed by atoms with Gasteiger partial charge in [-0.2, -0.15) is 0 Å². The van der Waals surface area contributed by atoms with Gasteiger partial charge in [0.05, 0.1) is 20.6 Å². The number of nitrogens with one attached hydrogen (secondary N) is 1. The standard InChI is InChI=1S/C28H29Cl4N3O4S/c1-17(2)33-28(37)19(4)34(15-20-10-11-21(29)14-24(20)31)26(36)16-35(25-7-5-6-23(30)27(25)32)40(38,39)22-12-8-18(3)9-13-22/h5-14,17,19H,15-16H2,1-4H3,(H,33,37)/t19-/m1/s1. The number of nitrogens with zero attached hydrogens (tertiary/aromatic N) is 2. The van der Waals surface area contributed by atoms with Crippen molar-refractivity contribution >= 4 is 73.9 Å². The molecule has 3 rings (SSSR count). The fourth-order valence-electron chi connectivity index (χ4n) is 3.86. The van der Waals surface area contributed by atoms with E-state index in [0.717, 1.165) is 9.87 Å². The Morgan fingerprint density at radius 1 is 0.900 bits per heavy atom. The van der Waals surface area contributed by atoms with Crippen molar-refractivity contribution in [2.45, 2.75) is 51.2 Å². The van der Waals surface area contributed by atoms with Gasteiger partial charge in [0.2, 0.25) is 11.8 Å². The lowest BCUT2D eigenvalue weighted by atomic mass is 10.1. The Morgan fingerprint density at radius 3 is 2.15 bits per heavy atom. The summed E-state index contributed by atoms with van der Waals surface area (Å²) in [6.45, 7) is 6.23. The topological polar surface area (TPSA) is 86.8 Å². The number of rotatable bonds is 10. The minimum absolute atomic E-state index is 0.0202. The van der Waals surface area contributed by atoms with E-state index < -0.39 is 34.4 Å². The number of sulfonamides is 1. The summed E-state index contributed by atoms with van der Waals surface area (Å²) >= 11 is 25.1. The Labute approximate surface area is 255 Å². The van der Waals surface area contributed by atoms with Gasteiger partial charge >= 0.3 is 0 Å². The molecule has 0 saturated heterocycles. The zero-order valence-electron chi connectivity index (χ0n) is 22.3. The molecule has 12 heteroatoms. The third kappa shape index (κ3) is 7.62. The van der Waals surface area contributed by atoms with Crippen LogP contribution in [0.3, 0.4) is 0 Å². The summed E-state index contributed by atoms with van der Waals surface area (Å²) in [5, 5.41) is 3.57. The molecule has 2 amide bonds. The maximum absolute atomic E-state index is 14.0. The highest BCUT2D eigenvalue weighted by molar-refractivity contribution is 7.92. The Hall–Kier alpha value is -2.49. The molecule has 0 aliphatic rings. The van der Waals surface area contributed by atoms with E-state index >= 15 is 0 Å². The molecule has 3 aromatic carbocycles. The van der Waals surface area contributed by atoms with Crippen LogP contribution in [0.15, 0.2) is 65.6 Å². The summed E-state index contributed by atoms with van der Waals surface area (Å²) in [5.41, 5.74) is 1.41. The SMILES string of the molecule is Cc1ccc(S(=O)(=O)N(CC(=O)N(Cc2ccc(Cl)cc2Cl)[C@H](C)C(=O)NC(C)C)c2cccc(Cl)c2Cl)cc1. The van der Waals surface area contributed by atoms with E-state index in [-0.39, 0.29) is 33.2 Å².